The first kappa shape index (κ1) is 16.6. The van der Waals surface area contributed by atoms with E-state index in [9.17, 15) is 5.11 Å². The summed E-state index contributed by atoms with van der Waals surface area (Å²) >= 11 is 6.08. The fourth-order valence-corrected chi connectivity index (χ4v) is 3.04. The maximum atomic E-state index is 10.0. The first-order valence-corrected chi connectivity index (χ1v) is 8.22. The largest absolute Gasteiger partial charge is 0.389 e. The van der Waals surface area contributed by atoms with Crippen LogP contribution in [0.3, 0.4) is 0 Å². The summed E-state index contributed by atoms with van der Waals surface area (Å²) in [6, 6.07) is 5.74. The molecule has 4 heteroatoms. The lowest BCUT2D eigenvalue weighted by atomic mass is 9.89. The highest BCUT2D eigenvalue weighted by Gasteiger charge is 2.20. The van der Waals surface area contributed by atoms with Crippen LogP contribution in [0.25, 0.3) is 0 Å². The number of aliphatic hydroxyl groups is 1. The van der Waals surface area contributed by atoms with Crippen molar-refractivity contribution in [3.63, 3.8) is 0 Å². The van der Waals surface area contributed by atoms with Gasteiger partial charge in [0.25, 0.3) is 0 Å². The number of anilines is 1. The molecule has 1 saturated carbocycles. The summed E-state index contributed by atoms with van der Waals surface area (Å²) in [5, 5.41) is 14.0. The highest BCUT2D eigenvalue weighted by Crippen LogP contribution is 2.26. The molecule has 3 unspecified atom stereocenters. The molecule has 0 amide bonds. The Morgan fingerprint density at radius 2 is 2.24 bits per heavy atom. The van der Waals surface area contributed by atoms with Crippen molar-refractivity contribution in [2.24, 2.45) is 5.92 Å². The molecule has 0 radical (unpaired) electrons. The van der Waals surface area contributed by atoms with Crippen LogP contribution in [0.2, 0.25) is 5.02 Å². The molecule has 0 heterocycles. The van der Waals surface area contributed by atoms with Crippen LogP contribution in [0.4, 0.5) is 5.69 Å². The molecular weight excluding hydrogens is 286 g/mol. The molecule has 1 aliphatic rings. The van der Waals surface area contributed by atoms with Gasteiger partial charge in [-0.25, -0.2) is 0 Å². The fourth-order valence-electron chi connectivity index (χ4n) is 2.86. The van der Waals surface area contributed by atoms with Crippen molar-refractivity contribution in [2.45, 2.75) is 51.7 Å². The van der Waals surface area contributed by atoms with E-state index >= 15 is 0 Å². The summed E-state index contributed by atoms with van der Waals surface area (Å²) in [5.41, 5.74) is 1.97. The standard InChI is InChI=1S/C17H26ClNO2/c1-12-5-3-6-15(9-12)21-11-14(20)10-19-17-8-4-7-16(18)13(17)2/h4,7-8,12,14-15,19-20H,3,5-6,9-11H2,1-2H3. The Balaban J connectivity index is 1.72. The van der Waals surface area contributed by atoms with Crippen LogP contribution in [-0.2, 0) is 4.74 Å². The van der Waals surface area contributed by atoms with E-state index < -0.39 is 6.10 Å². The Morgan fingerprint density at radius 1 is 1.43 bits per heavy atom. The van der Waals surface area contributed by atoms with Crippen molar-refractivity contribution in [3.05, 3.63) is 28.8 Å². The molecule has 1 aliphatic carbocycles. The van der Waals surface area contributed by atoms with E-state index in [0.29, 0.717) is 19.3 Å². The van der Waals surface area contributed by atoms with E-state index in [1.165, 1.54) is 12.8 Å². The van der Waals surface area contributed by atoms with Crippen molar-refractivity contribution in [2.75, 3.05) is 18.5 Å². The van der Waals surface area contributed by atoms with Crippen molar-refractivity contribution < 1.29 is 9.84 Å². The van der Waals surface area contributed by atoms with Gasteiger partial charge in [-0.15, -0.1) is 0 Å². The molecule has 3 atom stereocenters. The number of ether oxygens (including phenoxy) is 1. The molecule has 1 aromatic rings. The summed E-state index contributed by atoms with van der Waals surface area (Å²) in [5.74, 6) is 0.744. The number of aliphatic hydroxyl groups excluding tert-OH is 1. The Bertz CT molecular complexity index is 452. The van der Waals surface area contributed by atoms with Crippen LogP contribution < -0.4 is 5.32 Å². The average molecular weight is 312 g/mol. The third-order valence-electron chi connectivity index (χ3n) is 4.21. The minimum Gasteiger partial charge on any atom is -0.389 e. The van der Waals surface area contributed by atoms with Gasteiger partial charge in [0.15, 0.2) is 0 Å². The van der Waals surface area contributed by atoms with Crippen LogP contribution in [0.5, 0.6) is 0 Å². The van der Waals surface area contributed by atoms with Gasteiger partial charge in [-0.3, -0.25) is 0 Å². The minimum absolute atomic E-state index is 0.316. The van der Waals surface area contributed by atoms with Crippen molar-refractivity contribution in [1.29, 1.82) is 0 Å². The van der Waals surface area contributed by atoms with E-state index in [-0.39, 0.29) is 0 Å². The molecule has 0 aromatic heterocycles. The number of halogens is 1. The quantitative estimate of drug-likeness (QED) is 0.834. The molecule has 0 saturated heterocycles. The van der Waals surface area contributed by atoms with Gasteiger partial charge in [0.05, 0.1) is 18.8 Å². The maximum Gasteiger partial charge on any atom is 0.0945 e. The maximum absolute atomic E-state index is 10.0. The lowest BCUT2D eigenvalue weighted by molar-refractivity contribution is -0.0274. The van der Waals surface area contributed by atoms with Gasteiger partial charge in [-0.2, -0.15) is 0 Å². The van der Waals surface area contributed by atoms with Gasteiger partial charge in [0, 0.05) is 17.3 Å². The van der Waals surface area contributed by atoms with Gasteiger partial charge in [0.2, 0.25) is 0 Å². The molecule has 2 N–H and O–H groups in total. The number of hydrogen-bond acceptors (Lipinski definition) is 3. The monoisotopic (exact) mass is 311 g/mol. The molecule has 118 valence electrons. The number of rotatable bonds is 6. The first-order valence-electron chi connectivity index (χ1n) is 7.85. The van der Waals surface area contributed by atoms with Gasteiger partial charge < -0.3 is 15.2 Å². The van der Waals surface area contributed by atoms with Gasteiger partial charge >= 0.3 is 0 Å². The second kappa shape index (κ2) is 8.02. The van der Waals surface area contributed by atoms with Crippen LogP contribution in [0.1, 0.15) is 38.2 Å². The molecule has 0 spiro atoms. The number of nitrogens with one attached hydrogen (secondary N) is 1. The molecule has 3 nitrogen and oxygen atoms in total. The zero-order chi connectivity index (χ0) is 15.2. The fraction of sp³-hybridized carbons (Fsp3) is 0.647. The summed E-state index contributed by atoms with van der Waals surface area (Å²) in [6.07, 6.45) is 4.60. The summed E-state index contributed by atoms with van der Waals surface area (Å²) in [6.45, 7) is 5.11. The molecule has 2 rings (SSSR count). The Kier molecular flexibility index (Phi) is 6.34. The average Bonchev–Trinajstić information content (AvgIpc) is 2.47. The van der Waals surface area contributed by atoms with E-state index in [4.69, 9.17) is 16.3 Å². The lowest BCUT2D eigenvalue weighted by Crippen LogP contribution is -2.30. The predicted molar refractivity (Wildman–Crippen MR) is 88.1 cm³/mol. The smallest absolute Gasteiger partial charge is 0.0945 e. The highest BCUT2D eigenvalue weighted by molar-refractivity contribution is 6.31. The third kappa shape index (κ3) is 5.17. The zero-order valence-corrected chi connectivity index (χ0v) is 13.7. The molecule has 0 bridgehead atoms. The van der Waals surface area contributed by atoms with E-state index in [1.807, 2.05) is 25.1 Å². The first-order chi connectivity index (χ1) is 10.1. The Labute approximate surface area is 132 Å². The number of hydrogen-bond donors (Lipinski definition) is 2. The van der Waals surface area contributed by atoms with E-state index in [0.717, 1.165) is 35.0 Å². The van der Waals surface area contributed by atoms with Crippen LogP contribution in [0.15, 0.2) is 18.2 Å². The zero-order valence-electron chi connectivity index (χ0n) is 12.9. The molecule has 1 fully saturated rings. The van der Waals surface area contributed by atoms with Gasteiger partial charge in [0.1, 0.15) is 0 Å². The van der Waals surface area contributed by atoms with Crippen LogP contribution in [0, 0.1) is 12.8 Å². The van der Waals surface area contributed by atoms with Gasteiger partial charge in [-0.1, -0.05) is 37.4 Å². The van der Waals surface area contributed by atoms with Crippen molar-refractivity contribution >= 4 is 17.3 Å². The summed E-state index contributed by atoms with van der Waals surface area (Å²) in [7, 11) is 0. The predicted octanol–water partition coefficient (Wildman–Crippen LogP) is 4.02. The Morgan fingerprint density at radius 3 is 3.00 bits per heavy atom. The number of benzene rings is 1. The molecule has 0 aliphatic heterocycles. The highest BCUT2D eigenvalue weighted by atomic mass is 35.5. The second-order valence-corrected chi connectivity index (χ2v) is 6.58. The normalized spacial score (nSPS) is 23.8. The van der Waals surface area contributed by atoms with E-state index in [2.05, 4.69) is 12.2 Å². The summed E-state index contributed by atoms with van der Waals surface area (Å²) in [4.78, 5) is 0. The third-order valence-corrected chi connectivity index (χ3v) is 4.62. The van der Waals surface area contributed by atoms with E-state index in [1.54, 1.807) is 0 Å². The molecule has 1 aromatic carbocycles. The van der Waals surface area contributed by atoms with Crippen LogP contribution >= 0.6 is 11.6 Å². The van der Waals surface area contributed by atoms with Gasteiger partial charge in [-0.05, 0) is 43.4 Å². The molecular formula is C17H26ClNO2. The SMILES string of the molecule is Cc1c(Cl)cccc1NCC(O)COC1CCCC(C)C1. The molecule has 21 heavy (non-hydrogen) atoms. The second-order valence-electron chi connectivity index (χ2n) is 6.17. The Hall–Kier alpha value is -0.770. The van der Waals surface area contributed by atoms with Crippen molar-refractivity contribution in [3.8, 4) is 0 Å². The van der Waals surface area contributed by atoms with Crippen molar-refractivity contribution in [1.82, 2.24) is 0 Å². The minimum atomic E-state index is -0.499. The topological polar surface area (TPSA) is 41.5 Å². The summed E-state index contributed by atoms with van der Waals surface area (Å²) < 4.78 is 5.84. The lowest BCUT2D eigenvalue weighted by Gasteiger charge is -2.27. The van der Waals surface area contributed by atoms with Crippen LogP contribution in [-0.4, -0.2) is 30.5 Å².